The first-order chi connectivity index (χ1) is 33.1. The van der Waals surface area contributed by atoms with Gasteiger partial charge in [-0.2, -0.15) is 0 Å². The third-order valence-electron chi connectivity index (χ3n) is 13.9. The summed E-state index contributed by atoms with van der Waals surface area (Å²) >= 11 is 0. The van der Waals surface area contributed by atoms with Gasteiger partial charge in [0.2, 0.25) is 0 Å². The van der Waals surface area contributed by atoms with E-state index in [1.807, 2.05) is 170 Å². The molecule has 0 unspecified atom stereocenters. The van der Waals surface area contributed by atoms with Crippen LogP contribution in [0.1, 0.15) is 94.6 Å². The molecule has 0 spiro atoms. The van der Waals surface area contributed by atoms with Gasteiger partial charge in [0.15, 0.2) is 0 Å². The zero-order valence-electron chi connectivity index (χ0n) is 40.9. The molecule has 4 heteroatoms. The number of hydrogen-bond donors (Lipinski definition) is 3. The lowest BCUT2D eigenvalue weighted by Gasteiger charge is -2.41. The number of hydrogen-bond acceptors (Lipinski definition) is 4. The summed E-state index contributed by atoms with van der Waals surface area (Å²) < 4.78 is 0. The van der Waals surface area contributed by atoms with Gasteiger partial charge in [0.25, 0.3) is 0 Å². The van der Waals surface area contributed by atoms with Gasteiger partial charge in [0.1, 0.15) is 16.8 Å². The minimum atomic E-state index is -1.69. The summed E-state index contributed by atoms with van der Waals surface area (Å²) in [5, 5.41) is 42.1. The van der Waals surface area contributed by atoms with Crippen molar-refractivity contribution in [1.29, 1.82) is 0 Å². The fourth-order valence-electron chi connectivity index (χ4n) is 9.83. The molecule has 9 aromatic carbocycles. The Bertz CT molecular complexity index is 2950. The second-order valence-electron chi connectivity index (χ2n) is 19.2. The van der Waals surface area contributed by atoms with E-state index in [-0.39, 0.29) is 0 Å². The molecule has 0 aliphatic carbocycles. The lowest BCUT2D eigenvalue weighted by Crippen LogP contribution is -2.35. The molecular formula is C65H61NO3. The zero-order chi connectivity index (χ0) is 48.7. The van der Waals surface area contributed by atoms with Crippen LogP contribution in [-0.4, -0.2) is 15.3 Å². The van der Waals surface area contributed by atoms with Crippen molar-refractivity contribution < 1.29 is 15.3 Å². The fraction of sp³-hybridized carbons (Fsp3) is 0.169. The van der Waals surface area contributed by atoms with Crippen molar-refractivity contribution in [2.24, 2.45) is 0 Å². The topological polar surface area (TPSA) is 63.9 Å². The summed E-state index contributed by atoms with van der Waals surface area (Å²) in [5.74, 6) is 0. The highest BCUT2D eigenvalue weighted by atomic mass is 16.3. The molecule has 0 aliphatic heterocycles. The molecule has 0 aliphatic rings. The van der Waals surface area contributed by atoms with E-state index in [1.165, 1.54) is 0 Å². The Labute approximate surface area is 408 Å². The van der Waals surface area contributed by atoms with Crippen molar-refractivity contribution >= 4 is 17.1 Å². The predicted molar refractivity (Wildman–Crippen MR) is 284 cm³/mol. The molecule has 0 saturated carbocycles. The Hall–Kier alpha value is -7.34. The van der Waals surface area contributed by atoms with E-state index in [9.17, 15) is 15.3 Å². The minimum absolute atomic E-state index is 0.610. The van der Waals surface area contributed by atoms with Crippen LogP contribution >= 0.6 is 0 Å². The second kappa shape index (κ2) is 18.6. The number of benzene rings is 9. The summed E-state index contributed by atoms with van der Waals surface area (Å²) in [6.07, 6.45) is 0. The Balaban J connectivity index is 1.45. The summed E-state index contributed by atoms with van der Waals surface area (Å²) in [7, 11) is 0. The minimum Gasteiger partial charge on any atom is -0.376 e. The highest BCUT2D eigenvalue weighted by molar-refractivity contribution is 5.86. The standard InChI is InChI=1S/C65H61NO3/c1-43-13-27-51(28-14-43)63(67,52-29-15-44(2)16-30-52)57-11-9-10-12-60(57)66(61-39-25-49(7)41-58(61)64(68,53-31-17-45(3)18-32-53)54-33-19-46(4)20-34-54)62-40-26-50(8)42-59(62)65(69,55-35-21-47(5)22-36-55)56-37-23-48(6)24-38-56/h9-42,67-69H,1-8H3. The van der Waals surface area contributed by atoms with Crippen LogP contribution in [0.25, 0.3) is 0 Å². The van der Waals surface area contributed by atoms with Gasteiger partial charge in [-0.25, -0.2) is 0 Å². The van der Waals surface area contributed by atoms with Crippen molar-refractivity contribution in [1.82, 2.24) is 0 Å². The Morgan fingerprint density at radius 3 is 0.739 bits per heavy atom. The second-order valence-corrected chi connectivity index (χ2v) is 19.2. The fourth-order valence-corrected chi connectivity index (χ4v) is 9.83. The van der Waals surface area contributed by atoms with Crippen molar-refractivity contribution in [3.05, 3.63) is 301 Å². The number of nitrogens with zero attached hydrogens (tertiary/aromatic N) is 1. The summed E-state index contributed by atoms with van der Waals surface area (Å²) in [6, 6.07) is 69.1. The SMILES string of the molecule is Cc1ccc(C(O)(c2ccc(C)cc2)c2ccccc2N(c2ccc(C)cc2C(O)(c2ccc(C)cc2)c2ccc(C)cc2)c2ccc(C)cc2C(O)(c2ccc(C)cc2)c2ccc(C)cc2)cc1. The molecule has 3 N–H and O–H groups in total. The lowest BCUT2D eigenvalue weighted by atomic mass is 9.76. The monoisotopic (exact) mass is 903 g/mol. The number of rotatable bonds is 12. The quantitative estimate of drug-likeness (QED) is 0.107. The summed E-state index contributed by atoms with van der Waals surface area (Å²) in [6.45, 7) is 16.4. The molecule has 0 heterocycles. The molecule has 0 bridgehead atoms. The normalized spacial score (nSPS) is 12.0. The van der Waals surface area contributed by atoms with Gasteiger partial charge in [-0.3, -0.25) is 0 Å². The third kappa shape index (κ3) is 8.61. The smallest absolute Gasteiger partial charge is 0.142 e. The van der Waals surface area contributed by atoms with Crippen LogP contribution in [0.2, 0.25) is 0 Å². The highest BCUT2D eigenvalue weighted by Gasteiger charge is 2.43. The van der Waals surface area contributed by atoms with E-state index in [0.717, 1.165) is 44.5 Å². The number of anilines is 3. The van der Waals surface area contributed by atoms with Crippen LogP contribution in [0.5, 0.6) is 0 Å². The van der Waals surface area contributed by atoms with Gasteiger partial charge >= 0.3 is 0 Å². The molecule has 0 atom stereocenters. The number of aryl methyl sites for hydroxylation is 8. The predicted octanol–water partition coefficient (Wildman–Crippen LogP) is 14.5. The average molecular weight is 904 g/mol. The Morgan fingerprint density at radius 1 is 0.246 bits per heavy atom. The van der Waals surface area contributed by atoms with Crippen LogP contribution in [0.4, 0.5) is 17.1 Å². The molecule has 9 aromatic rings. The van der Waals surface area contributed by atoms with E-state index >= 15 is 0 Å². The van der Waals surface area contributed by atoms with E-state index in [0.29, 0.717) is 67.1 Å². The molecule has 0 radical (unpaired) electrons. The lowest BCUT2D eigenvalue weighted by molar-refractivity contribution is 0.125. The van der Waals surface area contributed by atoms with Crippen molar-refractivity contribution in [3.63, 3.8) is 0 Å². The maximum absolute atomic E-state index is 14.0. The Morgan fingerprint density at radius 2 is 0.464 bits per heavy atom. The number of para-hydroxylation sites is 1. The Kier molecular flexibility index (Phi) is 12.6. The van der Waals surface area contributed by atoms with E-state index in [2.05, 4.69) is 96.7 Å². The van der Waals surface area contributed by atoms with Crippen molar-refractivity contribution in [2.45, 2.75) is 72.2 Å². The van der Waals surface area contributed by atoms with Crippen LogP contribution in [0.15, 0.2) is 206 Å². The summed E-state index contributed by atoms with van der Waals surface area (Å²) in [5.41, 5.74) is 11.4. The van der Waals surface area contributed by atoms with Gasteiger partial charge in [-0.05, 0) is 107 Å². The van der Waals surface area contributed by atoms with Crippen LogP contribution in [0, 0.1) is 55.4 Å². The van der Waals surface area contributed by atoms with Gasteiger partial charge in [-0.15, -0.1) is 0 Å². The molecule has 0 amide bonds. The van der Waals surface area contributed by atoms with Gasteiger partial charge in [-0.1, -0.05) is 233 Å². The van der Waals surface area contributed by atoms with E-state index < -0.39 is 16.8 Å². The van der Waals surface area contributed by atoms with Crippen molar-refractivity contribution in [2.75, 3.05) is 4.90 Å². The highest BCUT2D eigenvalue weighted by Crippen LogP contribution is 2.53. The first kappa shape index (κ1) is 46.8. The first-order valence-electron chi connectivity index (χ1n) is 23.8. The number of aliphatic hydroxyl groups is 3. The zero-order valence-corrected chi connectivity index (χ0v) is 40.9. The molecule has 9 rings (SSSR count). The molecule has 0 aromatic heterocycles. The first-order valence-corrected chi connectivity index (χ1v) is 23.8. The van der Waals surface area contributed by atoms with Gasteiger partial charge in [0.05, 0.1) is 17.1 Å². The molecule has 69 heavy (non-hydrogen) atoms. The van der Waals surface area contributed by atoms with E-state index in [4.69, 9.17) is 0 Å². The maximum atomic E-state index is 14.0. The molecule has 344 valence electrons. The average Bonchev–Trinajstić information content (AvgIpc) is 3.35. The van der Waals surface area contributed by atoms with Gasteiger partial charge in [0, 0.05) is 16.7 Å². The summed E-state index contributed by atoms with van der Waals surface area (Å²) in [4.78, 5) is 2.16. The third-order valence-corrected chi connectivity index (χ3v) is 13.9. The van der Waals surface area contributed by atoms with Crippen LogP contribution in [-0.2, 0) is 16.8 Å². The largest absolute Gasteiger partial charge is 0.376 e. The molecular weight excluding hydrogens is 843 g/mol. The maximum Gasteiger partial charge on any atom is 0.142 e. The van der Waals surface area contributed by atoms with Crippen LogP contribution in [0.3, 0.4) is 0 Å². The molecule has 0 saturated heterocycles. The molecule has 4 nitrogen and oxygen atoms in total. The molecule has 0 fully saturated rings. The van der Waals surface area contributed by atoms with Crippen molar-refractivity contribution in [3.8, 4) is 0 Å². The van der Waals surface area contributed by atoms with E-state index in [1.54, 1.807) is 0 Å². The van der Waals surface area contributed by atoms with Gasteiger partial charge < -0.3 is 20.2 Å². The van der Waals surface area contributed by atoms with Crippen LogP contribution < -0.4 is 4.90 Å².